The van der Waals surface area contributed by atoms with Crippen LogP contribution in [0.5, 0.6) is 0 Å². The zero-order valence-corrected chi connectivity index (χ0v) is 13.8. The van der Waals surface area contributed by atoms with Gasteiger partial charge in [0.2, 0.25) is 0 Å². The molecule has 0 aliphatic heterocycles. The van der Waals surface area contributed by atoms with Gasteiger partial charge in [-0.15, -0.1) is 11.3 Å². The quantitative estimate of drug-likeness (QED) is 0.784. The van der Waals surface area contributed by atoms with Gasteiger partial charge in [0.1, 0.15) is 15.7 Å². The number of aromatic nitrogens is 2. The Hall–Kier alpha value is -2.39. The molecule has 0 atom stereocenters. The summed E-state index contributed by atoms with van der Waals surface area (Å²) in [6, 6.07) is 1.49. The molecule has 122 valence electrons. The minimum absolute atomic E-state index is 0.107. The van der Waals surface area contributed by atoms with E-state index in [9.17, 15) is 14.4 Å². The molecule has 0 bridgehead atoms. The molecule has 3 N–H and O–H groups in total. The van der Waals surface area contributed by atoms with Gasteiger partial charge in [-0.1, -0.05) is 11.6 Å². The molecular formula is C13H13ClN4O4S. The van der Waals surface area contributed by atoms with Crippen LogP contribution in [0.2, 0.25) is 5.15 Å². The number of halogens is 1. The summed E-state index contributed by atoms with van der Waals surface area (Å²) in [6.45, 7) is 1.08. The van der Waals surface area contributed by atoms with Gasteiger partial charge in [-0.3, -0.25) is 14.3 Å². The van der Waals surface area contributed by atoms with Crippen LogP contribution in [0, 0.1) is 6.92 Å². The summed E-state index contributed by atoms with van der Waals surface area (Å²) >= 11 is 7.08. The molecular weight excluding hydrogens is 344 g/mol. The molecule has 0 spiro atoms. The van der Waals surface area contributed by atoms with Crippen molar-refractivity contribution >= 4 is 45.7 Å². The van der Waals surface area contributed by atoms with Crippen LogP contribution in [-0.4, -0.2) is 34.2 Å². The Bertz CT molecular complexity index is 783. The van der Waals surface area contributed by atoms with E-state index in [1.54, 1.807) is 19.4 Å². The number of anilines is 1. The summed E-state index contributed by atoms with van der Waals surface area (Å²) in [5.41, 5.74) is 5.88. The molecule has 0 unspecified atom stereocenters. The lowest BCUT2D eigenvalue weighted by molar-refractivity contribution is -0.119. The number of nitrogens with zero attached hydrogens (tertiary/aromatic N) is 2. The first kappa shape index (κ1) is 17.0. The molecule has 0 saturated heterocycles. The van der Waals surface area contributed by atoms with E-state index in [1.807, 2.05) is 0 Å². The van der Waals surface area contributed by atoms with Crippen molar-refractivity contribution in [1.82, 2.24) is 9.78 Å². The largest absolute Gasteiger partial charge is 0.452 e. The van der Waals surface area contributed by atoms with Gasteiger partial charge in [-0.05, 0) is 18.4 Å². The van der Waals surface area contributed by atoms with Crippen LogP contribution in [0.15, 0.2) is 11.4 Å². The number of primary amides is 1. The van der Waals surface area contributed by atoms with E-state index in [0.717, 1.165) is 11.3 Å². The predicted octanol–water partition coefficient (Wildman–Crippen LogP) is 1.34. The first-order valence-corrected chi connectivity index (χ1v) is 7.60. The maximum atomic E-state index is 12.0. The second-order valence-corrected chi connectivity index (χ2v) is 5.80. The summed E-state index contributed by atoms with van der Waals surface area (Å²) in [7, 11) is 1.58. The van der Waals surface area contributed by atoms with Gasteiger partial charge in [-0.25, -0.2) is 4.79 Å². The van der Waals surface area contributed by atoms with Crippen molar-refractivity contribution in [2.45, 2.75) is 6.92 Å². The average molecular weight is 357 g/mol. The lowest BCUT2D eigenvalue weighted by Gasteiger charge is -2.06. The van der Waals surface area contributed by atoms with E-state index >= 15 is 0 Å². The maximum Gasteiger partial charge on any atom is 0.343 e. The molecule has 2 amide bonds. The van der Waals surface area contributed by atoms with Gasteiger partial charge in [0.25, 0.3) is 11.8 Å². The van der Waals surface area contributed by atoms with Crippen LogP contribution in [0.1, 0.15) is 26.4 Å². The normalized spacial score (nSPS) is 10.4. The zero-order valence-electron chi connectivity index (χ0n) is 12.3. The second-order valence-electron chi connectivity index (χ2n) is 4.53. The fourth-order valence-corrected chi connectivity index (χ4v) is 2.89. The molecule has 2 heterocycles. The maximum absolute atomic E-state index is 12.0. The summed E-state index contributed by atoms with van der Waals surface area (Å²) in [6.07, 6.45) is 0. The SMILES string of the molecule is Cc1nn(C)c(Cl)c1C(=O)OCC(=O)Nc1sccc1C(N)=O. The highest BCUT2D eigenvalue weighted by Gasteiger charge is 2.21. The highest BCUT2D eigenvalue weighted by atomic mass is 35.5. The van der Waals surface area contributed by atoms with Crippen molar-refractivity contribution in [2.24, 2.45) is 12.8 Å². The molecule has 0 saturated carbocycles. The molecule has 2 aromatic heterocycles. The predicted molar refractivity (Wildman–Crippen MR) is 84.7 cm³/mol. The number of hydrogen-bond acceptors (Lipinski definition) is 6. The Morgan fingerprint density at radius 2 is 2.17 bits per heavy atom. The number of amides is 2. The number of ether oxygens (including phenoxy) is 1. The Labute approximate surface area is 140 Å². The molecule has 10 heteroatoms. The van der Waals surface area contributed by atoms with Crippen molar-refractivity contribution < 1.29 is 19.1 Å². The fraction of sp³-hybridized carbons (Fsp3) is 0.231. The van der Waals surface area contributed by atoms with Gasteiger partial charge >= 0.3 is 5.97 Å². The smallest absolute Gasteiger partial charge is 0.343 e. The van der Waals surface area contributed by atoms with E-state index in [-0.39, 0.29) is 16.3 Å². The highest BCUT2D eigenvalue weighted by molar-refractivity contribution is 7.14. The summed E-state index contributed by atoms with van der Waals surface area (Å²) in [5.74, 6) is -2.01. The topological polar surface area (TPSA) is 116 Å². The van der Waals surface area contributed by atoms with Crippen LogP contribution >= 0.6 is 22.9 Å². The number of esters is 1. The van der Waals surface area contributed by atoms with Crippen LogP contribution in [0.3, 0.4) is 0 Å². The number of nitrogens with two attached hydrogens (primary N) is 1. The molecule has 0 aliphatic carbocycles. The average Bonchev–Trinajstić information content (AvgIpc) is 3.02. The van der Waals surface area contributed by atoms with Gasteiger partial charge < -0.3 is 15.8 Å². The highest BCUT2D eigenvalue weighted by Crippen LogP contribution is 2.23. The van der Waals surface area contributed by atoms with Crippen LogP contribution < -0.4 is 11.1 Å². The number of aryl methyl sites for hydroxylation is 2. The Morgan fingerprint density at radius 3 is 2.74 bits per heavy atom. The standard InChI is InChI=1S/C13H13ClN4O4S/c1-6-9(10(14)18(2)17-6)13(21)22-5-8(19)16-12-7(11(15)20)3-4-23-12/h3-4H,5H2,1-2H3,(H2,15,20)(H,16,19). The third-order valence-corrected chi connectivity index (χ3v) is 4.14. The van der Waals surface area contributed by atoms with E-state index in [4.69, 9.17) is 22.1 Å². The molecule has 0 aliphatic rings. The van der Waals surface area contributed by atoms with Crippen LogP contribution in [0.25, 0.3) is 0 Å². The third-order valence-electron chi connectivity index (χ3n) is 2.87. The third kappa shape index (κ3) is 3.69. The first-order chi connectivity index (χ1) is 10.8. The second kappa shape index (κ2) is 6.80. The molecule has 2 aromatic rings. The summed E-state index contributed by atoms with van der Waals surface area (Å²) < 4.78 is 6.25. The van der Waals surface area contributed by atoms with E-state index in [2.05, 4.69) is 10.4 Å². The van der Waals surface area contributed by atoms with Crippen molar-refractivity contribution in [3.63, 3.8) is 0 Å². The summed E-state index contributed by atoms with van der Waals surface area (Å²) in [4.78, 5) is 34.9. The van der Waals surface area contributed by atoms with Crippen molar-refractivity contribution in [3.05, 3.63) is 33.4 Å². The monoisotopic (exact) mass is 356 g/mol. The Kier molecular flexibility index (Phi) is 5.02. The number of hydrogen-bond donors (Lipinski definition) is 2. The van der Waals surface area contributed by atoms with Crippen molar-refractivity contribution in [3.8, 4) is 0 Å². The van der Waals surface area contributed by atoms with E-state index in [0.29, 0.717) is 10.7 Å². The lowest BCUT2D eigenvalue weighted by atomic mass is 10.3. The summed E-state index contributed by atoms with van der Waals surface area (Å²) in [5, 5.41) is 8.48. The number of carbonyl (C=O) groups is 3. The lowest BCUT2D eigenvalue weighted by Crippen LogP contribution is -2.22. The van der Waals surface area contributed by atoms with Crippen LogP contribution in [0.4, 0.5) is 5.00 Å². The zero-order chi connectivity index (χ0) is 17.1. The number of nitrogens with one attached hydrogen (secondary N) is 1. The van der Waals surface area contributed by atoms with Crippen molar-refractivity contribution in [2.75, 3.05) is 11.9 Å². The minimum atomic E-state index is -0.753. The minimum Gasteiger partial charge on any atom is -0.452 e. The van der Waals surface area contributed by atoms with Gasteiger partial charge in [-0.2, -0.15) is 5.10 Å². The Balaban J connectivity index is 1.98. The molecule has 2 rings (SSSR count). The number of thiophene rings is 1. The van der Waals surface area contributed by atoms with Crippen LogP contribution in [-0.2, 0) is 16.6 Å². The van der Waals surface area contributed by atoms with Crippen molar-refractivity contribution in [1.29, 1.82) is 0 Å². The van der Waals surface area contributed by atoms with E-state index < -0.39 is 24.4 Å². The molecule has 8 nitrogen and oxygen atoms in total. The number of carbonyl (C=O) groups excluding carboxylic acids is 3. The van der Waals surface area contributed by atoms with Gasteiger partial charge in [0, 0.05) is 7.05 Å². The number of rotatable bonds is 5. The first-order valence-electron chi connectivity index (χ1n) is 6.34. The van der Waals surface area contributed by atoms with Gasteiger partial charge in [0.15, 0.2) is 6.61 Å². The Morgan fingerprint density at radius 1 is 1.48 bits per heavy atom. The molecule has 0 fully saturated rings. The molecule has 0 radical (unpaired) electrons. The van der Waals surface area contributed by atoms with E-state index in [1.165, 1.54) is 10.7 Å². The molecule has 23 heavy (non-hydrogen) atoms. The molecule has 0 aromatic carbocycles. The fourth-order valence-electron chi connectivity index (χ4n) is 1.83. The van der Waals surface area contributed by atoms with Gasteiger partial charge in [0.05, 0.1) is 11.3 Å².